The molecule has 0 amide bonds. The molecule has 2 aromatic rings. The fourth-order valence-electron chi connectivity index (χ4n) is 2.01. The van der Waals surface area contributed by atoms with Crippen molar-refractivity contribution in [1.82, 2.24) is 10.3 Å². The highest BCUT2D eigenvalue weighted by molar-refractivity contribution is 7.15. The molecule has 0 aliphatic carbocycles. The number of nitrogens with one attached hydrogen (secondary N) is 1. The number of thiazole rings is 1. The third kappa shape index (κ3) is 3.95. The molecular formula is C16H23N3OS. The Hall–Kier alpha value is -1.59. The summed E-state index contributed by atoms with van der Waals surface area (Å²) in [7, 11) is 3.71. The zero-order valence-electron chi connectivity index (χ0n) is 13.1. The standard InChI is InChI=1S/C16H23N3OS/c1-5-10-17-12(2)15-11-18-16(21-15)19(3)13-6-8-14(20-4)9-7-13/h6-9,11-12,17H,5,10H2,1-4H3. The van der Waals surface area contributed by atoms with Gasteiger partial charge in [0.2, 0.25) is 0 Å². The number of aromatic nitrogens is 1. The van der Waals surface area contributed by atoms with E-state index >= 15 is 0 Å². The average molecular weight is 305 g/mol. The lowest BCUT2D eigenvalue weighted by molar-refractivity contribution is 0.415. The second-order valence-electron chi connectivity index (χ2n) is 4.98. The number of methoxy groups -OCH3 is 1. The Morgan fingerprint density at radius 3 is 2.67 bits per heavy atom. The van der Waals surface area contributed by atoms with Crippen molar-refractivity contribution in [3.63, 3.8) is 0 Å². The van der Waals surface area contributed by atoms with Crippen LogP contribution in [0.3, 0.4) is 0 Å². The van der Waals surface area contributed by atoms with Gasteiger partial charge in [-0.2, -0.15) is 0 Å². The van der Waals surface area contributed by atoms with E-state index in [9.17, 15) is 0 Å². The lowest BCUT2D eigenvalue weighted by Gasteiger charge is -2.16. The van der Waals surface area contributed by atoms with Gasteiger partial charge in [0, 0.05) is 29.9 Å². The third-order valence-electron chi connectivity index (χ3n) is 3.39. The van der Waals surface area contributed by atoms with E-state index < -0.39 is 0 Å². The van der Waals surface area contributed by atoms with Crippen molar-refractivity contribution in [1.29, 1.82) is 0 Å². The molecule has 0 saturated heterocycles. The van der Waals surface area contributed by atoms with E-state index in [1.54, 1.807) is 18.4 Å². The minimum Gasteiger partial charge on any atom is -0.497 e. The Balaban J connectivity index is 2.08. The molecule has 0 radical (unpaired) electrons. The molecule has 1 N–H and O–H groups in total. The molecule has 0 bridgehead atoms. The van der Waals surface area contributed by atoms with Gasteiger partial charge in [0.05, 0.1) is 7.11 Å². The van der Waals surface area contributed by atoms with Gasteiger partial charge >= 0.3 is 0 Å². The summed E-state index contributed by atoms with van der Waals surface area (Å²) in [6, 6.07) is 8.36. The highest BCUT2D eigenvalue weighted by atomic mass is 32.1. The van der Waals surface area contributed by atoms with E-state index in [0.29, 0.717) is 6.04 Å². The number of nitrogens with zero attached hydrogens (tertiary/aromatic N) is 2. The van der Waals surface area contributed by atoms with Crippen LogP contribution in [-0.4, -0.2) is 25.7 Å². The first kappa shape index (κ1) is 15.8. The van der Waals surface area contributed by atoms with Crippen LogP contribution in [0.5, 0.6) is 5.75 Å². The predicted octanol–water partition coefficient (Wildman–Crippen LogP) is 3.98. The minimum absolute atomic E-state index is 0.348. The second-order valence-corrected chi connectivity index (χ2v) is 6.02. The molecule has 0 saturated carbocycles. The van der Waals surface area contributed by atoms with Crippen LogP contribution in [0, 0.1) is 0 Å². The van der Waals surface area contributed by atoms with E-state index in [4.69, 9.17) is 4.74 Å². The predicted molar refractivity (Wildman–Crippen MR) is 89.9 cm³/mol. The summed E-state index contributed by atoms with van der Waals surface area (Å²) in [5.74, 6) is 0.865. The Bertz CT molecular complexity index is 553. The molecule has 5 heteroatoms. The highest BCUT2D eigenvalue weighted by Crippen LogP contribution is 2.31. The van der Waals surface area contributed by atoms with Crippen molar-refractivity contribution in [2.45, 2.75) is 26.3 Å². The van der Waals surface area contributed by atoms with Gasteiger partial charge in [0.15, 0.2) is 5.13 Å². The molecule has 0 aliphatic heterocycles. The third-order valence-corrected chi connectivity index (χ3v) is 4.64. The molecule has 1 unspecified atom stereocenters. The van der Waals surface area contributed by atoms with Crippen LogP contribution >= 0.6 is 11.3 Å². The zero-order valence-corrected chi connectivity index (χ0v) is 13.9. The number of rotatable bonds is 7. The Labute approximate surface area is 130 Å². The quantitative estimate of drug-likeness (QED) is 0.839. The van der Waals surface area contributed by atoms with Crippen LogP contribution in [0.15, 0.2) is 30.5 Å². The summed E-state index contributed by atoms with van der Waals surface area (Å²) in [5.41, 5.74) is 1.10. The summed E-state index contributed by atoms with van der Waals surface area (Å²) in [4.78, 5) is 7.90. The van der Waals surface area contributed by atoms with E-state index in [2.05, 4.69) is 29.0 Å². The summed E-state index contributed by atoms with van der Waals surface area (Å²) in [6.45, 7) is 5.39. The van der Waals surface area contributed by atoms with Crippen LogP contribution in [0.2, 0.25) is 0 Å². The summed E-state index contributed by atoms with van der Waals surface area (Å²) in [5, 5.41) is 4.49. The normalized spacial score (nSPS) is 12.2. The molecule has 1 aromatic heterocycles. The molecule has 21 heavy (non-hydrogen) atoms. The van der Waals surface area contributed by atoms with E-state index in [-0.39, 0.29) is 0 Å². The largest absolute Gasteiger partial charge is 0.497 e. The SMILES string of the molecule is CCCNC(C)c1cnc(N(C)c2ccc(OC)cc2)s1. The van der Waals surface area contributed by atoms with Gasteiger partial charge in [-0.15, -0.1) is 0 Å². The molecule has 1 aromatic carbocycles. The van der Waals surface area contributed by atoms with Crippen molar-refractivity contribution < 1.29 is 4.74 Å². The molecule has 4 nitrogen and oxygen atoms in total. The van der Waals surface area contributed by atoms with E-state index in [1.807, 2.05) is 37.5 Å². The zero-order chi connectivity index (χ0) is 15.2. The van der Waals surface area contributed by atoms with Gasteiger partial charge in [0.1, 0.15) is 5.75 Å². The van der Waals surface area contributed by atoms with Gasteiger partial charge < -0.3 is 15.0 Å². The first-order chi connectivity index (χ1) is 10.2. The van der Waals surface area contributed by atoms with E-state index in [0.717, 1.165) is 29.5 Å². The lowest BCUT2D eigenvalue weighted by Crippen LogP contribution is -2.18. The van der Waals surface area contributed by atoms with Crippen molar-refractivity contribution in [2.75, 3.05) is 25.6 Å². The molecule has 114 valence electrons. The van der Waals surface area contributed by atoms with Gasteiger partial charge in [-0.05, 0) is 44.2 Å². The Morgan fingerprint density at radius 1 is 1.33 bits per heavy atom. The molecule has 2 rings (SSSR count). The van der Waals surface area contributed by atoms with E-state index in [1.165, 1.54) is 4.88 Å². The summed E-state index contributed by atoms with van der Waals surface area (Å²) >= 11 is 1.73. The van der Waals surface area contributed by atoms with Crippen LogP contribution in [0.1, 0.15) is 31.2 Å². The minimum atomic E-state index is 0.348. The molecule has 0 fully saturated rings. The summed E-state index contributed by atoms with van der Waals surface area (Å²) in [6.07, 6.45) is 3.11. The second kappa shape index (κ2) is 7.43. The first-order valence-electron chi connectivity index (χ1n) is 7.22. The lowest BCUT2D eigenvalue weighted by atomic mass is 10.3. The molecule has 0 aliphatic rings. The van der Waals surface area contributed by atoms with Crippen molar-refractivity contribution >= 4 is 22.2 Å². The topological polar surface area (TPSA) is 37.4 Å². The van der Waals surface area contributed by atoms with Crippen LogP contribution in [0.4, 0.5) is 10.8 Å². The Morgan fingerprint density at radius 2 is 2.05 bits per heavy atom. The van der Waals surface area contributed by atoms with Crippen LogP contribution in [0.25, 0.3) is 0 Å². The van der Waals surface area contributed by atoms with Crippen LogP contribution in [-0.2, 0) is 0 Å². The molecular weight excluding hydrogens is 282 g/mol. The van der Waals surface area contributed by atoms with Crippen molar-refractivity contribution in [3.8, 4) is 5.75 Å². The number of hydrogen-bond donors (Lipinski definition) is 1. The highest BCUT2D eigenvalue weighted by Gasteiger charge is 2.13. The number of benzene rings is 1. The fraction of sp³-hybridized carbons (Fsp3) is 0.438. The maximum absolute atomic E-state index is 5.19. The number of hydrogen-bond acceptors (Lipinski definition) is 5. The number of anilines is 2. The van der Waals surface area contributed by atoms with Crippen molar-refractivity contribution in [3.05, 3.63) is 35.3 Å². The van der Waals surface area contributed by atoms with Gasteiger partial charge in [-0.1, -0.05) is 18.3 Å². The molecule has 1 atom stereocenters. The van der Waals surface area contributed by atoms with Crippen LogP contribution < -0.4 is 15.0 Å². The first-order valence-corrected chi connectivity index (χ1v) is 8.04. The smallest absolute Gasteiger partial charge is 0.189 e. The monoisotopic (exact) mass is 305 g/mol. The van der Waals surface area contributed by atoms with Crippen molar-refractivity contribution in [2.24, 2.45) is 0 Å². The average Bonchev–Trinajstić information content (AvgIpc) is 3.02. The maximum Gasteiger partial charge on any atom is 0.189 e. The van der Waals surface area contributed by atoms with Gasteiger partial charge in [-0.25, -0.2) is 4.98 Å². The Kier molecular flexibility index (Phi) is 5.59. The van der Waals surface area contributed by atoms with Gasteiger partial charge in [-0.3, -0.25) is 0 Å². The molecule has 0 spiro atoms. The fourth-order valence-corrected chi connectivity index (χ4v) is 2.93. The number of ether oxygens (including phenoxy) is 1. The summed E-state index contributed by atoms with van der Waals surface area (Å²) < 4.78 is 5.19. The maximum atomic E-state index is 5.19. The molecule has 1 heterocycles. The van der Waals surface area contributed by atoms with Gasteiger partial charge in [0.25, 0.3) is 0 Å².